The summed E-state index contributed by atoms with van der Waals surface area (Å²) in [5.74, 6) is 0. The highest BCUT2D eigenvalue weighted by Gasteiger charge is 2.18. The van der Waals surface area contributed by atoms with E-state index in [-0.39, 0.29) is 0 Å². The van der Waals surface area contributed by atoms with Crippen molar-refractivity contribution in [1.29, 1.82) is 10.5 Å². The van der Waals surface area contributed by atoms with Gasteiger partial charge in [0.25, 0.3) is 0 Å². The third kappa shape index (κ3) is 4.07. The molecule has 0 aliphatic carbocycles. The van der Waals surface area contributed by atoms with Gasteiger partial charge in [0.15, 0.2) is 0 Å². The van der Waals surface area contributed by atoms with Crippen LogP contribution in [0.4, 0.5) is 0 Å². The van der Waals surface area contributed by atoms with Crippen molar-refractivity contribution in [3.8, 4) is 45.8 Å². The fourth-order valence-corrected chi connectivity index (χ4v) is 7.31. The Bertz CT molecular complexity index is 2710. The van der Waals surface area contributed by atoms with Crippen LogP contribution in [0.15, 0.2) is 158 Å². The molecule has 222 valence electrons. The molecule has 0 aliphatic rings. The second-order valence-corrected chi connectivity index (χ2v) is 12.0. The van der Waals surface area contributed by atoms with Crippen LogP contribution in [0.25, 0.3) is 77.2 Å². The number of para-hydroxylation sites is 5. The average Bonchev–Trinajstić information content (AvgIpc) is 3.67. The second kappa shape index (κ2) is 10.9. The summed E-state index contributed by atoms with van der Waals surface area (Å²) in [4.78, 5) is 0. The topological polar surface area (TPSA) is 57.4 Å². The Hall–Kier alpha value is -6.88. The van der Waals surface area contributed by atoms with Crippen molar-refractivity contribution in [3.63, 3.8) is 0 Å². The van der Waals surface area contributed by atoms with Gasteiger partial charge in [0, 0.05) is 32.7 Å². The number of aromatic nitrogens is 2. The van der Waals surface area contributed by atoms with E-state index in [1.54, 1.807) is 0 Å². The Morgan fingerprint density at radius 3 is 1.29 bits per heavy atom. The molecule has 0 unspecified atom stereocenters. The Morgan fingerprint density at radius 2 is 0.771 bits per heavy atom. The van der Waals surface area contributed by atoms with Gasteiger partial charge in [-0.15, -0.1) is 0 Å². The first-order chi connectivity index (χ1) is 23.7. The zero-order valence-electron chi connectivity index (χ0n) is 25.8. The number of hydrogen-bond donors (Lipinski definition) is 0. The van der Waals surface area contributed by atoms with Gasteiger partial charge in [-0.3, -0.25) is 0 Å². The van der Waals surface area contributed by atoms with E-state index >= 15 is 0 Å². The molecule has 0 fully saturated rings. The maximum Gasteiger partial charge on any atom is 0.101 e. The first-order valence-electron chi connectivity index (χ1n) is 15.9. The van der Waals surface area contributed by atoms with E-state index < -0.39 is 0 Å². The Balaban J connectivity index is 1.18. The number of nitrogens with zero attached hydrogens (tertiary/aromatic N) is 4. The van der Waals surface area contributed by atoms with Crippen LogP contribution in [0, 0.1) is 22.7 Å². The molecule has 2 heterocycles. The van der Waals surface area contributed by atoms with Crippen LogP contribution in [0.3, 0.4) is 0 Å². The van der Waals surface area contributed by atoms with Crippen molar-refractivity contribution in [3.05, 3.63) is 169 Å². The van der Waals surface area contributed by atoms with Crippen LogP contribution in [0.2, 0.25) is 0 Å². The molecule has 9 rings (SSSR count). The van der Waals surface area contributed by atoms with E-state index in [0.717, 1.165) is 66.5 Å². The Morgan fingerprint density at radius 1 is 0.354 bits per heavy atom. The molecule has 7 aromatic carbocycles. The highest BCUT2D eigenvalue weighted by atomic mass is 15.0. The first kappa shape index (κ1) is 27.4. The van der Waals surface area contributed by atoms with E-state index in [1.807, 2.05) is 66.7 Å². The minimum Gasteiger partial charge on any atom is -0.309 e. The molecule has 0 saturated heterocycles. The van der Waals surface area contributed by atoms with E-state index in [0.29, 0.717) is 11.1 Å². The van der Waals surface area contributed by atoms with Crippen molar-refractivity contribution < 1.29 is 0 Å². The highest BCUT2D eigenvalue weighted by molar-refractivity contribution is 6.10. The molecule has 4 heteroatoms. The second-order valence-electron chi connectivity index (χ2n) is 12.0. The predicted molar refractivity (Wildman–Crippen MR) is 195 cm³/mol. The molecular weight excluding hydrogens is 585 g/mol. The maximum absolute atomic E-state index is 10.5. The standard InChI is InChI=1S/C44H26N4/c45-27-31-25-29(30-22-24-39(32(26-30)28-46)47-41-17-7-2-12-35(41)36-13-3-8-18-42(36)47)21-23-33(31)34-11-1-6-16-40(34)48-43-19-9-4-14-37(43)38-15-5-10-20-44(38)48/h1-26H. The van der Waals surface area contributed by atoms with Crippen LogP contribution in [-0.4, -0.2) is 9.13 Å². The quantitative estimate of drug-likeness (QED) is 0.199. The maximum atomic E-state index is 10.5. The van der Waals surface area contributed by atoms with Gasteiger partial charge in [0.2, 0.25) is 0 Å². The summed E-state index contributed by atoms with van der Waals surface area (Å²) in [6, 6.07) is 58.7. The molecule has 48 heavy (non-hydrogen) atoms. The molecule has 4 nitrogen and oxygen atoms in total. The molecular formula is C44H26N4. The van der Waals surface area contributed by atoms with Gasteiger partial charge in [-0.05, 0) is 59.7 Å². The largest absolute Gasteiger partial charge is 0.309 e. The number of hydrogen-bond acceptors (Lipinski definition) is 2. The zero-order chi connectivity index (χ0) is 32.2. The van der Waals surface area contributed by atoms with Crippen LogP contribution < -0.4 is 0 Å². The van der Waals surface area contributed by atoms with Gasteiger partial charge in [-0.2, -0.15) is 10.5 Å². The summed E-state index contributed by atoms with van der Waals surface area (Å²) in [5, 5.41) is 25.5. The van der Waals surface area contributed by atoms with Crippen LogP contribution >= 0.6 is 0 Å². The average molecular weight is 611 g/mol. The van der Waals surface area contributed by atoms with Gasteiger partial charge in [-0.25, -0.2) is 0 Å². The summed E-state index contributed by atoms with van der Waals surface area (Å²) in [6.45, 7) is 0. The van der Waals surface area contributed by atoms with Crippen molar-refractivity contribution in [2.45, 2.75) is 0 Å². The lowest BCUT2D eigenvalue weighted by Gasteiger charge is -2.16. The lowest BCUT2D eigenvalue weighted by atomic mass is 9.93. The summed E-state index contributed by atoms with van der Waals surface area (Å²) in [5.41, 5.74) is 10.9. The predicted octanol–water partition coefficient (Wildman–Crippen LogP) is 11.0. The number of rotatable bonds is 4. The fraction of sp³-hybridized carbons (Fsp3) is 0. The molecule has 0 aliphatic heterocycles. The summed E-state index contributed by atoms with van der Waals surface area (Å²) < 4.78 is 4.46. The van der Waals surface area contributed by atoms with Gasteiger partial charge in [-0.1, -0.05) is 109 Å². The minimum absolute atomic E-state index is 0.568. The first-order valence-corrected chi connectivity index (χ1v) is 15.9. The minimum atomic E-state index is 0.568. The molecule has 0 saturated carbocycles. The zero-order valence-corrected chi connectivity index (χ0v) is 25.8. The normalized spacial score (nSPS) is 11.3. The van der Waals surface area contributed by atoms with Crippen molar-refractivity contribution in [2.75, 3.05) is 0 Å². The number of fused-ring (bicyclic) bond motifs is 6. The molecule has 0 radical (unpaired) electrons. The highest BCUT2D eigenvalue weighted by Crippen LogP contribution is 2.39. The van der Waals surface area contributed by atoms with Crippen LogP contribution in [-0.2, 0) is 0 Å². The molecule has 0 amide bonds. The summed E-state index contributed by atoms with van der Waals surface area (Å²) >= 11 is 0. The molecule has 0 bridgehead atoms. The number of benzene rings is 7. The smallest absolute Gasteiger partial charge is 0.101 e. The SMILES string of the molecule is N#Cc1cc(-c2ccc(-n3c4ccccc4c4ccccc43)c(C#N)c2)ccc1-c1ccccc1-n1c2ccccc2c2ccccc21. The summed E-state index contributed by atoms with van der Waals surface area (Å²) in [6.07, 6.45) is 0. The molecule has 2 aromatic heterocycles. The van der Waals surface area contributed by atoms with Gasteiger partial charge in [0.1, 0.15) is 6.07 Å². The molecule has 0 N–H and O–H groups in total. The summed E-state index contributed by atoms with van der Waals surface area (Å²) in [7, 11) is 0. The lowest BCUT2D eigenvalue weighted by Crippen LogP contribution is -1.99. The Kier molecular flexibility index (Phi) is 6.22. The third-order valence-electron chi connectivity index (χ3n) is 9.43. The van der Waals surface area contributed by atoms with Crippen LogP contribution in [0.1, 0.15) is 11.1 Å². The third-order valence-corrected chi connectivity index (χ3v) is 9.43. The van der Waals surface area contributed by atoms with Gasteiger partial charge in [0.05, 0.1) is 50.6 Å². The fourth-order valence-electron chi connectivity index (χ4n) is 7.31. The van der Waals surface area contributed by atoms with Crippen molar-refractivity contribution >= 4 is 43.6 Å². The van der Waals surface area contributed by atoms with Crippen molar-refractivity contribution in [1.82, 2.24) is 9.13 Å². The molecule has 0 atom stereocenters. The van der Waals surface area contributed by atoms with Gasteiger partial charge < -0.3 is 9.13 Å². The van der Waals surface area contributed by atoms with E-state index in [2.05, 4.69) is 112 Å². The monoisotopic (exact) mass is 610 g/mol. The number of nitriles is 2. The van der Waals surface area contributed by atoms with Crippen LogP contribution in [0.5, 0.6) is 0 Å². The molecule has 0 spiro atoms. The molecule has 9 aromatic rings. The van der Waals surface area contributed by atoms with E-state index in [4.69, 9.17) is 0 Å². The van der Waals surface area contributed by atoms with E-state index in [9.17, 15) is 10.5 Å². The van der Waals surface area contributed by atoms with E-state index in [1.165, 1.54) is 10.8 Å². The van der Waals surface area contributed by atoms with Gasteiger partial charge >= 0.3 is 0 Å². The lowest BCUT2D eigenvalue weighted by molar-refractivity contribution is 1.17. The van der Waals surface area contributed by atoms with Crippen molar-refractivity contribution in [2.24, 2.45) is 0 Å². The Labute approximate surface area is 277 Å².